The van der Waals surface area contributed by atoms with Crippen molar-refractivity contribution < 1.29 is 4.12 Å². The molecule has 0 N–H and O–H groups in total. The van der Waals surface area contributed by atoms with E-state index in [1.54, 1.807) is 0 Å². The van der Waals surface area contributed by atoms with E-state index in [-0.39, 0.29) is 0 Å². The molecular weight excluding hydrogens is 120 g/mol. The van der Waals surface area contributed by atoms with Crippen molar-refractivity contribution in [1.82, 2.24) is 0 Å². The van der Waals surface area contributed by atoms with E-state index in [1.807, 2.05) is 13.1 Å². The van der Waals surface area contributed by atoms with Crippen molar-refractivity contribution >= 4 is 29.7 Å². The van der Waals surface area contributed by atoms with Gasteiger partial charge in [0.2, 0.25) is 17.3 Å². The first-order valence-electron chi connectivity index (χ1n) is 2.12. The van der Waals surface area contributed by atoms with Crippen LogP contribution in [0.15, 0.2) is 0 Å². The number of hydrogen-bond donors (Lipinski definition) is 0. The van der Waals surface area contributed by atoms with Crippen molar-refractivity contribution in [3.8, 4) is 0 Å². The minimum Gasteiger partial charge on any atom is -0.580 e. The van der Waals surface area contributed by atoms with Crippen molar-refractivity contribution in [3.05, 3.63) is 0 Å². The van der Waals surface area contributed by atoms with E-state index in [0.29, 0.717) is 0 Å². The van der Waals surface area contributed by atoms with Crippen LogP contribution >= 0.6 is 0 Å². The van der Waals surface area contributed by atoms with Crippen LogP contribution in [0.4, 0.5) is 0 Å². The molecule has 3 heteroatoms. The standard InChI is InChI=1S/C4H10OSi2/c1-6(2)5-7(3)4/h1,3H2,2,4H3. The van der Waals surface area contributed by atoms with E-state index in [1.165, 1.54) is 0 Å². The lowest BCUT2D eigenvalue weighted by Gasteiger charge is -1.98. The summed E-state index contributed by atoms with van der Waals surface area (Å²) in [6.45, 7) is 4.04. The molecule has 0 saturated heterocycles. The zero-order chi connectivity index (χ0) is 5.86. The van der Waals surface area contributed by atoms with Crippen molar-refractivity contribution in [2.45, 2.75) is 13.1 Å². The van der Waals surface area contributed by atoms with Gasteiger partial charge < -0.3 is 4.12 Å². The van der Waals surface area contributed by atoms with Crippen LogP contribution in [0.2, 0.25) is 13.1 Å². The van der Waals surface area contributed by atoms with Crippen LogP contribution in [0.5, 0.6) is 0 Å². The molecule has 0 aromatic heterocycles. The van der Waals surface area contributed by atoms with Crippen LogP contribution in [0.3, 0.4) is 0 Å². The lowest BCUT2D eigenvalue weighted by molar-refractivity contribution is 0.642. The molecule has 0 aliphatic heterocycles. The number of hydrogen-bond acceptors (Lipinski definition) is 1. The van der Waals surface area contributed by atoms with Gasteiger partial charge in [0.15, 0.2) is 0 Å². The second-order valence-corrected chi connectivity index (χ2v) is 5.13. The SMILES string of the molecule is C=[Si](C)O[Si](=C)C. The lowest BCUT2D eigenvalue weighted by atomic mass is 11.9. The maximum atomic E-state index is 5.23. The van der Waals surface area contributed by atoms with E-state index in [4.69, 9.17) is 4.12 Å². The summed E-state index contributed by atoms with van der Waals surface area (Å²) in [5.74, 6) is 0. The third-order valence-electron chi connectivity index (χ3n) is 0.348. The topological polar surface area (TPSA) is 9.23 Å². The summed E-state index contributed by atoms with van der Waals surface area (Å²) < 4.78 is 5.23. The van der Waals surface area contributed by atoms with Crippen molar-refractivity contribution in [2.24, 2.45) is 0 Å². The monoisotopic (exact) mass is 130 g/mol. The van der Waals surface area contributed by atoms with Crippen LogP contribution in [0, 0.1) is 0 Å². The van der Waals surface area contributed by atoms with Gasteiger partial charge in [0.1, 0.15) is 0 Å². The summed E-state index contributed by atoms with van der Waals surface area (Å²) in [5, 5.41) is 0. The maximum Gasteiger partial charge on any atom is 0.210 e. The molecule has 0 fully saturated rings. The van der Waals surface area contributed by atoms with Crippen LogP contribution in [0.1, 0.15) is 0 Å². The molecule has 0 unspecified atom stereocenters. The molecule has 0 radical (unpaired) electrons. The molecule has 40 valence electrons. The van der Waals surface area contributed by atoms with E-state index in [2.05, 4.69) is 12.3 Å². The van der Waals surface area contributed by atoms with Gasteiger partial charge in [0.25, 0.3) is 0 Å². The largest absolute Gasteiger partial charge is 0.580 e. The highest BCUT2D eigenvalue weighted by Gasteiger charge is 1.84. The predicted octanol–water partition coefficient (Wildman–Crippen LogP) is 0.273. The average Bonchev–Trinajstić information content (AvgIpc) is 1.27. The average molecular weight is 130 g/mol. The maximum absolute atomic E-state index is 5.23. The first kappa shape index (κ1) is 6.97. The molecule has 0 heterocycles. The Hall–Kier alpha value is -0.0262. The Labute approximate surface area is 47.6 Å². The summed E-state index contributed by atoms with van der Waals surface area (Å²) in [5.41, 5.74) is 0. The first-order valence-corrected chi connectivity index (χ1v) is 6.35. The summed E-state index contributed by atoms with van der Waals surface area (Å²) in [6, 6.07) is 0. The molecule has 7 heavy (non-hydrogen) atoms. The lowest BCUT2D eigenvalue weighted by Crippen LogP contribution is -2.08. The normalized spacial score (nSPS) is 7.71. The predicted molar refractivity (Wildman–Crippen MR) is 38.6 cm³/mol. The third kappa shape index (κ3) is 5.97. The molecule has 0 spiro atoms. The molecule has 0 rings (SSSR count). The van der Waals surface area contributed by atoms with Gasteiger partial charge in [-0.15, -0.1) is 0 Å². The highest BCUT2D eigenvalue weighted by atomic mass is 28.3. The van der Waals surface area contributed by atoms with Crippen molar-refractivity contribution in [3.63, 3.8) is 0 Å². The van der Waals surface area contributed by atoms with E-state index >= 15 is 0 Å². The second-order valence-electron chi connectivity index (χ2n) is 1.51. The molecule has 0 saturated carbocycles. The first-order chi connectivity index (χ1) is 3.13. The summed E-state index contributed by atoms with van der Waals surface area (Å²) in [7, 11) is -1.40. The van der Waals surface area contributed by atoms with E-state index in [9.17, 15) is 0 Å². The molecule has 1 nitrogen and oxygen atoms in total. The zero-order valence-corrected chi connectivity index (χ0v) is 6.82. The van der Waals surface area contributed by atoms with Gasteiger partial charge in [0.05, 0.1) is 0 Å². The van der Waals surface area contributed by atoms with Gasteiger partial charge in [0, 0.05) is 0 Å². The minimum absolute atomic E-state index is 0.701. The van der Waals surface area contributed by atoms with Crippen LogP contribution in [-0.4, -0.2) is 29.7 Å². The number of rotatable bonds is 2. The van der Waals surface area contributed by atoms with Gasteiger partial charge >= 0.3 is 0 Å². The molecular formula is C4H10OSi2. The van der Waals surface area contributed by atoms with Gasteiger partial charge in [-0.2, -0.15) is 0 Å². The smallest absolute Gasteiger partial charge is 0.210 e. The van der Waals surface area contributed by atoms with Crippen LogP contribution in [0.25, 0.3) is 0 Å². The Morgan fingerprint density at radius 1 is 1.14 bits per heavy atom. The molecule has 0 bridgehead atoms. The molecule has 0 aliphatic rings. The molecule has 0 aliphatic carbocycles. The van der Waals surface area contributed by atoms with Gasteiger partial charge in [-0.1, -0.05) is 12.3 Å². The Morgan fingerprint density at radius 3 is 1.43 bits per heavy atom. The summed E-state index contributed by atoms with van der Waals surface area (Å²) in [4.78, 5) is 0. The zero-order valence-electron chi connectivity index (χ0n) is 4.82. The fourth-order valence-corrected chi connectivity index (χ4v) is 2.68. The van der Waals surface area contributed by atoms with Crippen LogP contribution in [-0.2, 0) is 4.12 Å². The fourth-order valence-electron chi connectivity index (χ4n) is 0.297. The van der Waals surface area contributed by atoms with Gasteiger partial charge in [-0.05, 0) is 13.1 Å². The Kier molecular flexibility index (Phi) is 3.03. The van der Waals surface area contributed by atoms with E-state index in [0.717, 1.165) is 0 Å². The molecule has 0 aromatic rings. The van der Waals surface area contributed by atoms with Gasteiger partial charge in [-0.25, -0.2) is 0 Å². The second kappa shape index (κ2) is 3.04. The quantitative estimate of drug-likeness (QED) is 0.488. The van der Waals surface area contributed by atoms with E-state index < -0.39 is 17.3 Å². The highest BCUT2D eigenvalue weighted by molar-refractivity contribution is 6.67. The Bertz CT molecular complexity index is 85.9. The fraction of sp³-hybridized carbons (Fsp3) is 0.500. The van der Waals surface area contributed by atoms with Crippen molar-refractivity contribution in [1.29, 1.82) is 0 Å². The summed E-state index contributed by atoms with van der Waals surface area (Å²) >= 11 is 0. The molecule has 0 atom stereocenters. The Morgan fingerprint density at radius 2 is 1.43 bits per heavy atom. The molecule has 0 aromatic carbocycles. The minimum atomic E-state index is -0.701. The third-order valence-corrected chi connectivity index (χ3v) is 3.14. The highest BCUT2D eigenvalue weighted by Crippen LogP contribution is 1.69. The van der Waals surface area contributed by atoms with Crippen molar-refractivity contribution in [2.75, 3.05) is 0 Å². The van der Waals surface area contributed by atoms with Crippen LogP contribution < -0.4 is 0 Å². The molecule has 0 amide bonds. The van der Waals surface area contributed by atoms with Gasteiger partial charge in [-0.3, -0.25) is 0 Å². The summed E-state index contributed by atoms with van der Waals surface area (Å²) in [6.07, 6.45) is 7.49. The Balaban J connectivity index is 3.32.